The molecule has 0 fully saturated rings. The number of allylic oxidation sites excluding steroid dienone is 5. The standard InChI is InChI=1S/C8H9NO3/c1-12-6-7-4-2-3-5-8(7)9(10)11/h2-6H,1H3,(H,10,11). The van der Waals surface area contributed by atoms with Gasteiger partial charge in [0, 0.05) is 11.0 Å². The molecule has 1 rings (SSSR count). The molecule has 0 saturated heterocycles. The lowest BCUT2D eigenvalue weighted by Gasteiger charge is -2.01. The van der Waals surface area contributed by atoms with Gasteiger partial charge in [-0.2, -0.15) is 0 Å². The Morgan fingerprint density at radius 2 is 2.17 bits per heavy atom. The lowest BCUT2D eigenvalue weighted by molar-refractivity contribution is -0.725. The Kier molecular flexibility index (Phi) is 2.53. The van der Waals surface area contributed by atoms with Crippen molar-refractivity contribution in [1.82, 2.24) is 0 Å². The fourth-order valence-corrected chi connectivity index (χ4v) is 0.888. The number of nitrogens with zero attached hydrogens (tertiary/aromatic N) is 1. The van der Waals surface area contributed by atoms with Gasteiger partial charge in [0.25, 0.3) is 5.71 Å². The predicted octanol–water partition coefficient (Wildman–Crippen LogP) is 0.983. The summed E-state index contributed by atoms with van der Waals surface area (Å²) < 4.78 is 4.72. The van der Waals surface area contributed by atoms with Crippen LogP contribution in [0.15, 0.2) is 36.1 Å². The van der Waals surface area contributed by atoms with E-state index in [9.17, 15) is 5.21 Å². The third-order valence-corrected chi connectivity index (χ3v) is 1.39. The van der Waals surface area contributed by atoms with Crippen LogP contribution in [0, 0.1) is 5.21 Å². The van der Waals surface area contributed by atoms with Crippen LogP contribution < -0.4 is 0 Å². The fourth-order valence-electron chi connectivity index (χ4n) is 0.888. The van der Waals surface area contributed by atoms with Crippen molar-refractivity contribution in [3.63, 3.8) is 0 Å². The fraction of sp³-hybridized carbons (Fsp3) is 0.125. The summed E-state index contributed by atoms with van der Waals surface area (Å²) in [7, 11) is 1.48. The minimum absolute atomic E-state index is 0.166. The first-order valence-electron chi connectivity index (χ1n) is 3.37. The predicted molar refractivity (Wildman–Crippen MR) is 43.8 cm³/mol. The van der Waals surface area contributed by atoms with Crippen molar-refractivity contribution in [2.45, 2.75) is 0 Å². The van der Waals surface area contributed by atoms with Gasteiger partial charge in [-0.25, -0.2) is 0 Å². The van der Waals surface area contributed by atoms with Crippen LogP contribution >= 0.6 is 0 Å². The van der Waals surface area contributed by atoms with Gasteiger partial charge in [0.15, 0.2) is 0 Å². The van der Waals surface area contributed by atoms with Gasteiger partial charge in [0.2, 0.25) is 0 Å². The number of ether oxygens (including phenoxy) is 1. The van der Waals surface area contributed by atoms with E-state index in [4.69, 9.17) is 9.94 Å². The van der Waals surface area contributed by atoms with Gasteiger partial charge in [-0.05, 0) is 6.08 Å². The van der Waals surface area contributed by atoms with Gasteiger partial charge in [-0.1, -0.05) is 12.2 Å². The maximum absolute atomic E-state index is 10.5. The van der Waals surface area contributed by atoms with Crippen LogP contribution in [0.5, 0.6) is 0 Å². The molecule has 0 aromatic carbocycles. The van der Waals surface area contributed by atoms with E-state index in [1.807, 2.05) is 0 Å². The zero-order valence-corrected chi connectivity index (χ0v) is 6.60. The third kappa shape index (κ3) is 1.66. The summed E-state index contributed by atoms with van der Waals surface area (Å²) in [6, 6.07) is 0. The Bertz CT molecular complexity index is 283. The van der Waals surface area contributed by atoms with Crippen molar-refractivity contribution >= 4 is 5.71 Å². The summed E-state index contributed by atoms with van der Waals surface area (Å²) in [4.78, 5) is -0.190. The largest absolute Gasteiger partial charge is 0.503 e. The first-order valence-corrected chi connectivity index (χ1v) is 3.37. The summed E-state index contributed by atoms with van der Waals surface area (Å²) in [5.41, 5.74) is 0.705. The molecule has 0 aliphatic heterocycles. The number of hydrogen-bond acceptors (Lipinski definition) is 3. The monoisotopic (exact) mass is 167 g/mol. The van der Waals surface area contributed by atoms with Gasteiger partial charge in [0.1, 0.15) is 0 Å². The average Bonchev–Trinajstić information content (AvgIpc) is 2.05. The van der Waals surface area contributed by atoms with Gasteiger partial charge < -0.3 is 9.94 Å². The highest BCUT2D eigenvalue weighted by Crippen LogP contribution is 2.07. The van der Waals surface area contributed by atoms with E-state index in [2.05, 4.69) is 0 Å². The van der Waals surface area contributed by atoms with E-state index >= 15 is 0 Å². The van der Waals surface area contributed by atoms with Gasteiger partial charge in [-0.3, -0.25) is 5.21 Å². The molecule has 12 heavy (non-hydrogen) atoms. The topological polar surface area (TPSA) is 55.5 Å². The van der Waals surface area contributed by atoms with Crippen molar-refractivity contribution in [2.24, 2.45) is 0 Å². The molecule has 0 radical (unpaired) electrons. The molecule has 0 bridgehead atoms. The molecular weight excluding hydrogens is 158 g/mol. The Hall–Kier alpha value is -1.71. The zero-order valence-electron chi connectivity index (χ0n) is 6.60. The molecule has 4 heteroatoms. The van der Waals surface area contributed by atoms with Crippen molar-refractivity contribution in [3.8, 4) is 0 Å². The highest BCUT2D eigenvalue weighted by atomic mass is 16.8. The van der Waals surface area contributed by atoms with Crippen LogP contribution in [-0.4, -0.2) is 22.9 Å². The molecule has 1 N–H and O–H groups in total. The summed E-state index contributed by atoms with van der Waals surface area (Å²) >= 11 is 0. The van der Waals surface area contributed by atoms with Crippen LogP contribution in [-0.2, 0) is 4.74 Å². The van der Waals surface area contributed by atoms with E-state index in [1.165, 1.54) is 19.4 Å². The molecule has 64 valence electrons. The molecular formula is C8H9NO3. The van der Waals surface area contributed by atoms with Crippen molar-refractivity contribution < 1.29 is 14.8 Å². The Morgan fingerprint density at radius 1 is 1.50 bits per heavy atom. The smallest absolute Gasteiger partial charge is 0.278 e. The molecule has 0 atom stereocenters. The SMILES string of the molecule is COC=C1C=CC=C/C1=[N+](\[O-])O. The first-order chi connectivity index (χ1) is 5.75. The molecule has 1 aliphatic rings. The van der Waals surface area contributed by atoms with E-state index in [0.717, 1.165) is 0 Å². The number of rotatable bonds is 1. The summed E-state index contributed by atoms with van der Waals surface area (Å²) in [6.07, 6.45) is 7.95. The zero-order chi connectivity index (χ0) is 8.97. The maximum atomic E-state index is 10.5. The van der Waals surface area contributed by atoms with E-state index < -0.39 is 0 Å². The minimum atomic E-state index is -0.190. The van der Waals surface area contributed by atoms with Crippen LogP contribution in [0.4, 0.5) is 0 Å². The summed E-state index contributed by atoms with van der Waals surface area (Å²) in [6.45, 7) is 0. The highest BCUT2D eigenvalue weighted by molar-refractivity contribution is 6.07. The van der Waals surface area contributed by atoms with Gasteiger partial charge >= 0.3 is 0 Å². The number of methoxy groups -OCH3 is 1. The molecule has 0 aromatic heterocycles. The van der Waals surface area contributed by atoms with Crippen LogP contribution in [0.1, 0.15) is 0 Å². The van der Waals surface area contributed by atoms with E-state index in [-0.39, 0.29) is 10.6 Å². The highest BCUT2D eigenvalue weighted by Gasteiger charge is 2.13. The third-order valence-electron chi connectivity index (χ3n) is 1.39. The van der Waals surface area contributed by atoms with Crippen LogP contribution in [0.25, 0.3) is 0 Å². The van der Waals surface area contributed by atoms with Gasteiger partial charge in [0.05, 0.1) is 18.9 Å². The normalized spacial score (nSPS) is 22.9. The quantitative estimate of drug-likeness (QED) is 0.274. The second kappa shape index (κ2) is 3.61. The minimum Gasteiger partial charge on any atom is -0.503 e. The Labute approximate surface area is 69.9 Å². The molecule has 0 saturated carbocycles. The Balaban J connectivity index is 3.02. The molecule has 0 spiro atoms. The van der Waals surface area contributed by atoms with Crippen LogP contribution in [0.3, 0.4) is 0 Å². The molecule has 0 amide bonds. The Morgan fingerprint density at radius 3 is 2.75 bits per heavy atom. The summed E-state index contributed by atoms with van der Waals surface area (Å²) in [5.74, 6) is 0. The lowest BCUT2D eigenvalue weighted by Crippen LogP contribution is -2.13. The second-order valence-corrected chi connectivity index (χ2v) is 2.19. The van der Waals surface area contributed by atoms with E-state index in [0.29, 0.717) is 5.57 Å². The van der Waals surface area contributed by atoms with Crippen molar-refractivity contribution in [3.05, 3.63) is 41.3 Å². The second-order valence-electron chi connectivity index (χ2n) is 2.19. The molecule has 4 nitrogen and oxygen atoms in total. The molecule has 1 aliphatic carbocycles. The van der Waals surface area contributed by atoms with Crippen molar-refractivity contribution in [1.29, 1.82) is 0 Å². The molecule has 0 aromatic rings. The average molecular weight is 167 g/mol. The first kappa shape index (κ1) is 8.39. The maximum Gasteiger partial charge on any atom is 0.278 e. The summed E-state index contributed by atoms with van der Waals surface area (Å²) in [5, 5.41) is 19.2. The van der Waals surface area contributed by atoms with Gasteiger partial charge in [-0.15, -0.1) is 0 Å². The van der Waals surface area contributed by atoms with E-state index in [1.54, 1.807) is 18.2 Å². The lowest BCUT2D eigenvalue weighted by atomic mass is 10.1. The van der Waals surface area contributed by atoms with Crippen molar-refractivity contribution in [2.75, 3.05) is 7.11 Å². The number of hydrogen-bond donors (Lipinski definition) is 1. The van der Waals surface area contributed by atoms with Crippen LogP contribution in [0.2, 0.25) is 0 Å². The molecule has 0 unspecified atom stereocenters. The molecule has 0 heterocycles.